The van der Waals surface area contributed by atoms with Gasteiger partial charge in [-0.05, 0) is 56.5 Å². The predicted octanol–water partition coefficient (Wildman–Crippen LogP) is 3.33. The number of benzene rings is 1. The Balaban J connectivity index is 1.84. The maximum Gasteiger partial charge on any atom is 0.254 e. The fraction of sp³-hybridized carbons (Fsp3) is 0.444. The molecule has 3 rings (SSSR count). The normalized spacial score (nSPS) is 23.4. The highest BCUT2D eigenvalue weighted by Crippen LogP contribution is 2.34. The Hall–Kier alpha value is -2.05. The number of primary amides is 1. The standard InChI is InChI=1S/C18H24ClN5O/c1-11-9-14(21-2)7-8-16(11)24-10-15(17(20)25)18(23-24)22-13-5-3-12(19)4-6-13/h3-6,10-11,14,16,21H,7-9H2,1-2H3,(H2,20,25)(H,22,23)/t11-,14+,16-/m0/s1. The summed E-state index contributed by atoms with van der Waals surface area (Å²) in [5, 5.41) is 11.8. The van der Waals surface area contributed by atoms with E-state index >= 15 is 0 Å². The molecule has 0 bridgehead atoms. The van der Waals surface area contributed by atoms with Crippen LogP contribution >= 0.6 is 11.6 Å². The van der Waals surface area contributed by atoms with Gasteiger partial charge in [-0.15, -0.1) is 0 Å². The fourth-order valence-electron chi connectivity index (χ4n) is 3.54. The van der Waals surface area contributed by atoms with E-state index in [0.29, 0.717) is 28.4 Å². The minimum absolute atomic E-state index is 0.267. The molecule has 1 aliphatic rings. The topological polar surface area (TPSA) is 85.0 Å². The van der Waals surface area contributed by atoms with Crippen molar-refractivity contribution in [1.82, 2.24) is 15.1 Å². The summed E-state index contributed by atoms with van der Waals surface area (Å²) in [6.45, 7) is 2.23. The third-order valence-corrected chi connectivity index (χ3v) is 5.23. The summed E-state index contributed by atoms with van der Waals surface area (Å²) >= 11 is 5.92. The molecule has 1 aromatic carbocycles. The second-order valence-electron chi connectivity index (χ2n) is 6.71. The lowest BCUT2D eigenvalue weighted by Crippen LogP contribution is -2.35. The second-order valence-corrected chi connectivity index (χ2v) is 7.15. The Morgan fingerprint density at radius 3 is 2.64 bits per heavy atom. The van der Waals surface area contributed by atoms with Gasteiger partial charge in [-0.1, -0.05) is 18.5 Å². The first-order valence-electron chi connectivity index (χ1n) is 8.56. The van der Waals surface area contributed by atoms with Crippen LogP contribution in [-0.4, -0.2) is 28.8 Å². The molecule has 0 radical (unpaired) electrons. The number of nitrogens with one attached hydrogen (secondary N) is 2. The van der Waals surface area contributed by atoms with Gasteiger partial charge in [-0.2, -0.15) is 5.10 Å². The van der Waals surface area contributed by atoms with Crippen molar-refractivity contribution in [2.45, 2.75) is 38.3 Å². The van der Waals surface area contributed by atoms with Gasteiger partial charge in [0.2, 0.25) is 0 Å². The van der Waals surface area contributed by atoms with Crippen LogP contribution in [-0.2, 0) is 0 Å². The molecule has 134 valence electrons. The van der Waals surface area contributed by atoms with Crippen LogP contribution in [0.3, 0.4) is 0 Å². The molecule has 0 aliphatic heterocycles. The zero-order valence-electron chi connectivity index (χ0n) is 14.5. The maximum atomic E-state index is 11.8. The average Bonchev–Trinajstić information content (AvgIpc) is 3.00. The molecule has 6 nitrogen and oxygen atoms in total. The summed E-state index contributed by atoms with van der Waals surface area (Å²) in [7, 11) is 2.00. The quantitative estimate of drug-likeness (QED) is 0.762. The summed E-state index contributed by atoms with van der Waals surface area (Å²) in [6.07, 6.45) is 4.97. The van der Waals surface area contributed by atoms with Crippen molar-refractivity contribution in [1.29, 1.82) is 0 Å². The number of rotatable bonds is 5. The van der Waals surface area contributed by atoms with E-state index in [2.05, 4.69) is 22.7 Å². The van der Waals surface area contributed by atoms with Gasteiger partial charge in [0.25, 0.3) is 5.91 Å². The summed E-state index contributed by atoms with van der Waals surface area (Å²) in [5.41, 5.74) is 6.76. The molecule has 1 aliphatic carbocycles. The molecule has 0 saturated heterocycles. The molecule has 25 heavy (non-hydrogen) atoms. The lowest BCUT2D eigenvalue weighted by atomic mass is 9.83. The Morgan fingerprint density at radius 2 is 2.04 bits per heavy atom. The monoisotopic (exact) mass is 361 g/mol. The van der Waals surface area contributed by atoms with Gasteiger partial charge in [0.1, 0.15) is 5.56 Å². The molecule has 1 saturated carbocycles. The third kappa shape index (κ3) is 3.96. The molecule has 7 heteroatoms. The Morgan fingerprint density at radius 1 is 1.32 bits per heavy atom. The summed E-state index contributed by atoms with van der Waals surface area (Å²) in [5.74, 6) is 0.465. The summed E-state index contributed by atoms with van der Waals surface area (Å²) in [6, 6.07) is 8.06. The van der Waals surface area contributed by atoms with Crippen molar-refractivity contribution in [2.75, 3.05) is 12.4 Å². The van der Waals surface area contributed by atoms with Gasteiger partial charge >= 0.3 is 0 Å². The van der Waals surface area contributed by atoms with E-state index in [4.69, 9.17) is 17.3 Å². The smallest absolute Gasteiger partial charge is 0.254 e. The van der Waals surface area contributed by atoms with Gasteiger partial charge < -0.3 is 16.4 Å². The van der Waals surface area contributed by atoms with E-state index < -0.39 is 5.91 Å². The molecule has 0 spiro atoms. The second kappa shape index (κ2) is 7.45. The fourth-order valence-corrected chi connectivity index (χ4v) is 3.67. The molecule has 1 aromatic heterocycles. The van der Waals surface area contributed by atoms with E-state index in [1.165, 1.54) is 0 Å². The van der Waals surface area contributed by atoms with Crippen molar-refractivity contribution in [2.24, 2.45) is 11.7 Å². The van der Waals surface area contributed by atoms with E-state index in [-0.39, 0.29) is 6.04 Å². The third-order valence-electron chi connectivity index (χ3n) is 4.98. The minimum atomic E-state index is -0.487. The van der Waals surface area contributed by atoms with E-state index in [0.717, 1.165) is 24.9 Å². The minimum Gasteiger partial charge on any atom is -0.365 e. The van der Waals surface area contributed by atoms with Crippen molar-refractivity contribution in [3.8, 4) is 0 Å². The predicted molar refractivity (Wildman–Crippen MR) is 100 cm³/mol. The number of nitrogens with zero attached hydrogens (tertiary/aromatic N) is 2. The van der Waals surface area contributed by atoms with E-state index in [1.54, 1.807) is 18.3 Å². The van der Waals surface area contributed by atoms with Crippen molar-refractivity contribution >= 4 is 29.0 Å². The number of hydrogen-bond acceptors (Lipinski definition) is 4. The van der Waals surface area contributed by atoms with E-state index in [9.17, 15) is 4.79 Å². The molecular weight excluding hydrogens is 338 g/mol. The van der Waals surface area contributed by atoms with Gasteiger partial charge in [-0.25, -0.2) is 0 Å². The zero-order valence-corrected chi connectivity index (χ0v) is 15.3. The highest BCUT2D eigenvalue weighted by Gasteiger charge is 2.29. The lowest BCUT2D eigenvalue weighted by molar-refractivity contribution is 0.100. The van der Waals surface area contributed by atoms with Crippen LogP contribution in [0.4, 0.5) is 11.5 Å². The van der Waals surface area contributed by atoms with Crippen molar-refractivity contribution in [3.05, 3.63) is 41.0 Å². The number of carbonyl (C=O) groups excluding carboxylic acids is 1. The molecule has 1 heterocycles. The first-order chi connectivity index (χ1) is 12.0. The van der Waals surface area contributed by atoms with Gasteiger partial charge in [-0.3, -0.25) is 9.48 Å². The number of anilines is 2. The SMILES string of the molecule is CN[C@@H]1CC[C@H](n2cc(C(N)=O)c(Nc3ccc(Cl)cc3)n2)[C@@H](C)C1. The highest BCUT2D eigenvalue weighted by molar-refractivity contribution is 6.30. The largest absolute Gasteiger partial charge is 0.365 e. The first kappa shape index (κ1) is 17.8. The van der Waals surface area contributed by atoms with Crippen LogP contribution in [0.5, 0.6) is 0 Å². The van der Waals surface area contributed by atoms with Crippen LogP contribution in [0.2, 0.25) is 5.02 Å². The molecule has 3 atom stereocenters. The van der Waals surface area contributed by atoms with Crippen LogP contribution in [0.15, 0.2) is 30.5 Å². The lowest BCUT2D eigenvalue weighted by Gasteiger charge is -2.34. The van der Waals surface area contributed by atoms with Crippen LogP contribution in [0, 0.1) is 5.92 Å². The number of halogens is 1. The Labute approximate surface area is 152 Å². The molecule has 1 fully saturated rings. The molecule has 1 amide bonds. The molecule has 4 N–H and O–H groups in total. The first-order valence-corrected chi connectivity index (χ1v) is 8.94. The molecular formula is C18H24ClN5O. The van der Waals surface area contributed by atoms with Crippen molar-refractivity contribution < 1.29 is 4.79 Å². The number of amides is 1. The molecule has 2 aromatic rings. The van der Waals surface area contributed by atoms with Crippen LogP contribution in [0.1, 0.15) is 42.6 Å². The zero-order chi connectivity index (χ0) is 18.0. The highest BCUT2D eigenvalue weighted by atomic mass is 35.5. The Bertz CT molecular complexity index is 742. The number of carbonyl (C=O) groups is 1. The number of hydrogen-bond donors (Lipinski definition) is 3. The van der Waals surface area contributed by atoms with Gasteiger partial charge in [0, 0.05) is 22.9 Å². The van der Waals surface area contributed by atoms with Crippen LogP contribution < -0.4 is 16.4 Å². The van der Waals surface area contributed by atoms with Crippen molar-refractivity contribution in [3.63, 3.8) is 0 Å². The molecule has 0 unspecified atom stereocenters. The maximum absolute atomic E-state index is 11.8. The van der Waals surface area contributed by atoms with Gasteiger partial charge in [0.05, 0.1) is 6.04 Å². The van der Waals surface area contributed by atoms with Gasteiger partial charge in [0.15, 0.2) is 5.82 Å². The number of aromatic nitrogens is 2. The van der Waals surface area contributed by atoms with E-state index in [1.807, 2.05) is 23.9 Å². The number of nitrogens with two attached hydrogens (primary N) is 1. The Kier molecular flexibility index (Phi) is 5.30. The summed E-state index contributed by atoms with van der Waals surface area (Å²) < 4.78 is 1.90. The van der Waals surface area contributed by atoms with Crippen LogP contribution in [0.25, 0.3) is 0 Å². The summed E-state index contributed by atoms with van der Waals surface area (Å²) in [4.78, 5) is 11.8. The average molecular weight is 362 g/mol.